The SMILES string of the molecule is CCCCOc1c(Nc2ccc3c(N(C(=O)OC(C)(C)C)C(=O)OC(C)(C)C)nccc3c2)ncnc1-c1ccc(Cl)cc1. The lowest BCUT2D eigenvalue weighted by Crippen LogP contribution is -2.44. The van der Waals surface area contributed by atoms with Crippen LogP contribution in [0, 0.1) is 0 Å². The van der Waals surface area contributed by atoms with Crippen LogP contribution in [-0.4, -0.2) is 44.9 Å². The molecule has 0 fully saturated rings. The number of anilines is 3. The zero-order valence-electron chi connectivity index (χ0n) is 26.1. The molecular weight excluding hydrogens is 582 g/mol. The molecule has 2 amide bonds. The minimum absolute atomic E-state index is 0.0909. The molecule has 232 valence electrons. The summed E-state index contributed by atoms with van der Waals surface area (Å²) in [7, 11) is 0. The van der Waals surface area contributed by atoms with Crippen LogP contribution >= 0.6 is 11.6 Å². The van der Waals surface area contributed by atoms with Crippen LogP contribution in [0.1, 0.15) is 61.3 Å². The molecule has 0 aliphatic heterocycles. The standard InChI is InChI=1S/C33H38ClN5O5/c1-8-9-18-42-27-26(21-10-12-23(34)13-11-21)36-20-37-28(27)38-24-14-15-25-22(19-24)16-17-35-29(25)39(30(40)43-32(2,3)4)31(41)44-33(5,6)7/h10-17,19-20H,8-9,18H2,1-7H3,(H,36,37,38). The maximum absolute atomic E-state index is 13.3. The lowest BCUT2D eigenvalue weighted by Gasteiger charge is -2.28. The Morgan fingerprint density at radius 3 is 2.16 bits per heavy atom. The topological polar surface area (TPSA) is 116 Å². The summed E-state index contributed by atoms with van der Waals surface area (Å²) in [5.41, 5.74) is 0.464. The Morgan fingerprint density at radius 2 is 1.55 bits per heavy atom. The number of nitrogens with one attached hydrogen (secondary N) is 1. The zero-order valence-corrected chi connectivity index (χ0v) is 26.9. The third kappa shape index (κ3) is 8.35. The lowest BCUT2D eigenvalue weighted by atomic mass is 10.1. The van der Waals surface area contributed by atoms with Crippen molar-refractivity contribution in [3.05, 3.63) is 66.1 Å². The van der Waals surface area contributed by atoms with Crippen molar-refractivity contribution in [1.82, 2.24) is 15.0 Å². The van der Waals surface area contributed by atoms with Gasteiger partial charge in [-0.05, 0) is 89.7 Å². The molecule has 1 N–H and O–H groups in total. The van der Waals surface area contributed by atoms with Gasteiger partial charge in [-0.1, -0.05) is 37.1 Å². The third-order valence-corrected chi connectivity index (χ3v) is 6.29. The van der Waals surface area contributed by atoms with Crippen LogP contribution in [0.5, 0.6) is 5.75 Å². The largest absolute Gasteiger partial charge is 0.488 e. The summed E-state index contributed by atoms with van der Waals surface area (Å²) in [6.45, 7) is 12.9. The number of rotatable bonds is 8. The first-order chi connectivity index (χ1) is 20.8. The van der Waals surface area contributed by atoms with Crippen LogP contribution in [0.4, 0.5) is 26.9 Å². The Morgan fingerprint density at radius 1 is 0.886 bits per heavy atom. The van der Waals surface area contributed by atoms with Gasteiger partial charge in [0.1, 0.15) is 23.2 Å². The number of pyridine rings is 1. The number of hydrogen-bond donors (Lipinski definition) is 1. The molecule has 0 bridgehead atoms. The fourth-order valence-corrected chi connectivity index (χ4v) is 4.27. The number of fused-ring (bicyclic) bond motifs is 1. The van der Waals surface area contributed by atoms with E-state index in [1.165, 1.54) is 12.5 Å². The zero-order chi connectivity index (χ0) is 32.1. The molecule has 0 unspecified atom stereocenters. The molecule has 0 saturated heterocycles. The van der Waals surface area contributed by atoms with Gasteiger partial charge in [0.2, 0.25) is 0 Å². The first-order valence-corrected chi connectivity index (χ1v) is 14.8. The van der Waals surface area contributed by atoms with Crippen molar-refractivity contribution in [2.75, 3.05) is 16.8 Å². The molecule has 44 heavy (non-hydrogen) atoms. The first kappa shape index (κ1) is 32.5. The van der Waals surface area contributed by atoms with Gasteiger partial charge in [0.05, 0.1) is 6.61 Å². The average Bonchev–Trinajstić information content (AvgIpc) is 2.92. The van der Waals surface area contributed by atoms with Crippen LogP contribution in [0.15, 0.2) is 61.1 Å². The second-order valence-corrected chi connectivity index (χ2v) is 12.5. The van der Waals surface area contributed by atoms with Gasteiger partial charge in [-0.2, -0.15) is 4.90 Å². The summed E-state index contributed by atoms with van der Waals surface area (Å²) in [5, 5.41) is 5.22. The van der Waals surface area contributed by atoms with E-state index in [1.807, 2.05) is 18.2 Å². The second kappa shape index (κ2) is 13.5. The van der Waals surface area contributed by atoms with Crippen LogP contribution in [-0.2, 0) is 9.47 Å². The number of hydrogen-bond acceptors (Lipinski definition) is 9. The van der Waals surface area contributed by atoms with Gasteiger partial charge in [0.15, 0.2) is 17.4 Å². The number of benzene rings is 2. The fourth-order valence-electron chi connectivity index (χ4n) is 4.15. The van der Waals surface area contributed by atoms with Crippen LogP contribution in [0.25, 0.3) is 22.0 Å². The summed E-state index contributed by atoms with van der Waals surface area (Å²) in [5.74, 6) is 1.09. The number of imide groups is 1. The highest BCUT2D eigenvalue weighted by Gasteiger charge is 2.34. The molecule has 0 saturated carbocycles. The Bertz CT molecular complexity index is 1600. The molecule has 0 aliphatic rings. The Labute approximate surface area is 262 Å². The van der Waals surface area contributed by atoms with Crippen molar-refractivity contribution < 1.29 is 23.8 Å². The highest BCUT2D eigenvalue weighted by molar-refractivity contribution is 6.30. The highest BCUT2D eigenvalue weighted by Crippen LogP contribution is 2.37. The summed E-state index contributed by atoms with van der Waals surface area (Å²) >= 11 is 6.11. The van der Waals surface area contributed by atoms with E-state index in [-0.39, 0.29) is 5.82 Å². The molecule has 4 aromatic rings. The van der Waals surface area contributed by atoms with E-state index in [4.69, 9.17) is 25.8 Å². The van der Waals surface area contributed by atoms with E-state index >= 15 is 0 Å². The monoisotopic (exact) mass is 619 g/mol. The molecule has 0 spiro atoms. The predicted octanol–water partition coefficient (Wildman–Crippen LogP) is 8.94. The van der Waals surface area contributed by atoms with E-state index < -0.39 is 23.4 Å². The molecule has 0 aliphatic carbocycles. The molecule has 0 radical (unpaired) electrons. The summed E-state index contributed by atoms with van der Waals surface area (Å²) in [4.78, 5) is 40.7. The lowest BCUT2D eigenvalue weighted by molar-refractivity contribution is 0.0429. The first-order valence-electron chi connectivity index (χ1n) is 14.4. The average molecular weight is 620 g/mol. The summed E-state index contributed by atoms with van der Waals surface area (Å²) in [6, 6.07) is 14.6. The fraction of sp³-hybridized carbons (Fsp3) is 0.364. The van der Waals surface area contributed by atoms with Crippen molar-refractivity contribution in [3.63, 3.8) is 0 Å². The minimum Gasteiger partial charge on any atom is -0.488 e. The van der Waals surface area contributed by atoms with Gasteiger partial charge in [-0.25, -0.2) is 24.5 Å². The van der Waals surface area contributed by atoms with Gasteiger partial charge in [-0.15, -0.1) is 0 Å². The molecule has 0 atom stereocenters. The Balaban J connectivity index is 1.74. The van der Waals surface area contributed by atoms with E-state index in [2.05, 4.69) is 27.2 Å². The van der Waals surface area contributed by atoms with Crippen LogP contribution in [0.2, 0.25) is 5.02 Å². The number of halogens is 1. The predicted molar refractivity (Wildman–Crippen MR) is 173 cm³/mol. The Kier molecular flexibility index (Phi) is 9.94. The van der Waals surface area contributed by atoms with E-state index in [0.717, 1.165) is 23.3 Å². The number of ether oxygens (including phenoxy) is 3. The van der Waals surface area contributed by atoms with Gasteiger partial charge in [0, 0.05) is 27.9 Å². The maximum atomic E-state index is 13.3. The number of nitrogens with zero attached hydrogens (tertiary/aromatic N) is 4. The van der Waals surface area contributed by atoms with Gasteiger partial charge in [0.25, 0.3) is 0 Å². The molecule has 2 aromatic carbocycles. The number of carbonyl (C=O) groups is 2. The molecule has 2 aromatic heterocycles. The number of carbonyl (C=O) groups excluding carboxylic acids is 2. The molecule has 10 nitrogen and oxygen atoms in total. The number of aromatic nitrogens is 3. The van der Waals surface area contributed by atoms with Crippen molar-refractivity contribution >= 4 is 51.9 Å². The Hall–Kier alpha value is -4.44. The molecule has 2 heterocycles. The molecule has 4 rings (SSSR count). The number of amides is 2. The third-order valence-electron chi connectivity index (χ3n) is 6.04. The minimum atomic E-state index is -0.890. The molecular formula is C33H38ClN5O5. The summed E-state index contributed by atoms with van der Waals surface area (Å²) < 4.78 is 17.3. The quantitative estimate of drug-likeness (QED) is 0.193. The van der Waals surface area contributed by atoms with Crippen molar-refractivity contribution in [2.24, 2.45) is 0 Å². The van der Waals surface area contributed by atoms with Crippen LogP contribution in [0.3, 0.4) is 0 Å². The highest BCUT2D eigenvalue weighted by atomic mass is 35.5. The van der Waals surface area contributed by atoms with E-state index in [1.54, 1.807) is 71.9 Å². The van der Waals surface area contributed by atoms with Crippen molar-refractivity contribution in [1.29, 1.82) is 0 Å². The van der Waals surface area contributed by atoms with Gasteiger partial charge < -0.3 is 19.5 Å². The van der Waals surface area contributed by atoms with E-state index in [9.17, 15) is 9.59 Å². The smallest absolute Gasteiger partial charge is 0.425 e. The second-order valence-electron chi connectivity index (χ2n) is 12.1. The van der Waals surface area contributed by atoms with Crippen LogP contribution < -0.4 is 15.0 Å². The van der Waals surface area contributed by atoms with Crippen molar-refractivity contribution in [2.45, 2.75) is 72.5 Å². The maximum Gasteiger partial charge on any atom is 0.425 e. The number of unbranched alkanes of at least 4 members (excludes halogenated alkanes) is 1. The van der Waals surface area contributed by atoms with E-state index in [0.29, 0.717) is 45.4 Å². The van der Waals surface area contributed by atoms with Gasteiger partial charge >= 0.3 is 12.2 Å². The molecule has 11 heteroatoms. The summed E-state index contributed by atoms with van der Waals surface area (Å²) in [6.07, 6.45) is 3.05. The van der Waals surface area contributed by atoms with Gasteiger partial charge in [-0.3, -0.25) is 0 Å². The normalized spacial score (nSPS) is 11.6. The van der Waals surface area contributed by atoms with Crippen molar-refractivity contribution in [3.8, 4) is 17.0 Å².